The maximum Gasteiger partial charge on any atom is 0.246 e. The van der Waals surface area contributed by atoms with Crippen LogP contribution in [0.2, 0.25) is 0 Å². The molecule has 0 radical (unpaired) electrons. The molecule has 0 saturated carbocycles. The minimum Gasteiger partial charge on any atom is -0.348 e. The van der Waals surface area contributed by atoms with Gasteiger partial charge in [-0.05, 0) is 6.42 Å². The van der Waals surface area contributed by atoms with Gasteiger partial charge in [-0.25, -0.2) is 5.06 Å². The van der Waals surface area contributed by atoms with Gasteiger partial charge in [-0.3, -0.25) is 9.63 Å². The largest absolute Gasteiger partial charge is 0.348 e. The van der Waals surface area contributed by atoms with Crippen molar-refractivity contribution in [3.63, 3.8) is 0 Å². The van der Waals surface area contributed by atoms with Crippen molar-refractivity contribution in [2.24, 2.45) is 0 Å². The van der Waals surface area contributed by atoms with Crippen LogP contribution in [0.3, 0.4) is 0 Å². The van der Waals surface area contributed by atoms with Crippen molar-refractivity contribution >= 4 is 5.91 Å². The maximum absolute atomic E-state index is 11.5. The first-order valence-electron chi connectivity index (χ1n) is 5.22. The number of hydrogen-bond donors (Lipinski definition) is 0. The molecule has 0 aromatic rings. The van der Waals surface area contributed by atoms with E-state index in [0.717, 1.165) is 6.42 Å². The average molecular weight is 217 g/mol. The van der Waals surface area contributed by atoms with Crippen LogP contribution in [0.1, 0.15) is 26.2 Å². The summed E-state index contributed by atoms with van der Waals surface area (Å²) in [4.78, 5) is 16.3. The van der Waals surface area contributed by atoms with E-state index in [0.29, 0.717) is 26.1 Å². The predicted octanol–water partition coefficient (Wildman–Crippen LogP) is 0.940. The molecule has 0 N–H and O–H groups in total. The van der Waals surface area contributed by atoms with Crippen molar-refractivity contribution in [2.75, 3.05) is 27.4 Å². The smallest absolute Gasteiger partial charge is 0.246 e. The summed E-state index contributed by atoms with van der Waals surface area (Å²) in [5, 5.41) is 1.22. The second kappa shape index (κ2) is 5.44. The number of amides is 1. The third kappa shape index (κ3) is 3.15. The Morgan fingerprint density at radius 2 is 2.07 bits per heavy atom. The third-order valence-electron chi connectivity index (χ3n) is 2.70. The molecule has 1 amide bonds. The van der Waals surface area contributed by atoms with E-state index in [1.807, 2.05) is 6.92 Å². The number of carbonyl (C=O) groups excluding carboxylic acids is 1. The molecular weight excluding hydrogens is 198 g/mol. The molecule has 0 unspecified atom stereocenters. The van der Waals surface area contributed by atoms with Gasteiger partial charge in [-0.1, -0.05) is 6.92 Å². The Morgan fingerprint density at radius 1 is 1.47 bits per heavy atom. The maximum atomic E-state index is 11.5. The summed E-state index contributed by atoms with van der Waals surface area (Å²) < 4.78 is 11.0. The Labute approximate surface area is 90.2 Å². The zero-order valence-corrected chi connectivity index (χ0v) is 9.62. The van der Waals surface area contributed by atoms with Crippen molar-refractivity contribution in [1.29, 1.82) is 0 Å². The van der Waals surface area contributed by atoms with E-state index in [1.165, 1.54) is 12.2 Å². The molecule has 1 aliphatic heterocycles. The van der Waals surface area contributed by atoms with Crippen LogP contribution in [0.5, 0.6) is 0 Å². The molecule has 0 bridgehead atoms. The molecule has 5 nitrogen and oxygen atoms in total. The van der Waals surface area contributed by atoms with Crippen LogP contribution in [-0.4, -0.2) is 44.1 Å². The van der Waals surface area contributed by atoms with Crippen LogP contribution in [0.4, 0.5) is 0 Å². The third-order valence-corrected chi connectivity index (χ3v) is 2.70. The lowest BCUT2D eigenvalue weighted by atomic mass is 10.1. The highest BCUT2D eigenvalue weighted by Crippen LogP contribution is 2.28. The minimum absolute atomic E-state index is 0.0653. The average Bonchev–Trinajstić information content (AvgIpc) is 2.74. The van der Waals surface area contributed by atoms with Crippen LogP contribution >= 0.6 is 0 Å². The first kappa shape index (κ1) is 12.4. The topological polar surface area (TPSA) is 48.0 Å². The summed E-state index contributed by atoms with van der Waals surface area (Å²) >= 11 is 0. The lowest BCUT2D eigenvalue weighted by Crippen LogP contribution is -2.33. The number of hydrogen-bond acceptors (Lipinski definition) is 4. The van der Waals surface area contributed by atoms with Gasteiger partial charge in [0.05, 0.1) is 20.3 Å². The van der Waals surface area contributed by atoms with E-state index in [1.54, 1.807) is 7.05 Å². The Kier molecular flexibility index (Phi) is 4.50. The second-order valence-electron chi connectivity index (χ2n) is 3.53. The highest BCUT2D eigenvalue weighted by molar-refractivity contribution is 5.74. The highest BCUT2D eigenvalue weighted by atomic mass is 16.7. The van der Waals surface area contributed by atoms with E-state index in [-0.39, 0.29) is 5.91 Å². The fraction of sp³-hybridized carbons (Fsp3) is 0.900. The zero-order chi connectivity index (χ0) is 11.3. The quantitative estimate of drug-likeness (QED) is 0.643. The molecular formula is C10H19NO4. The minimum atomic E-state index is -0.551. The molecule has 0 spiro atoms. The monoisotopic (exact) mass is 217 g/mol. The van der Waals surface area contributed by atoms with Crippen molar-refractivity contribution < 1.29 is 19.1 Å². The van der Waals surface area contributed by atoms with Crippen LogP contribution < -0.4 is 0 Å². The molecule has 1 fully saturated rings. The summed E-state index contributed by atoms with van der Waals surface area (Å²) in [5.41, 5.74) is 0. The van der Waals surface area contributed by atoms with Gasteiger partial charge in [0, 0.05) is 19.9 Å². The first-order valence-corrected chi connectivity index (χ1v) is 5.22. The van der Waals surface area contributed by atoms with Crippen LogP contribution in [0, 0.1) is 0 Å². The standard InChI is InChI=1S/C10H19NO4/c1-4-10(14-7-8-15-10)6-5-9(12)11(2)13-3/h4-8H2,1-3H3. The first-order chi connectivity index (χ1) is 7.13. The summed E-state index contributed by atoms with van der Waals surface area (Å²) in [7, 11) is 3.06. The van der Waals surface area contributed by atoms with Gasteiger partial charge in [-0.2, -0.15) is 0 Å². The van der Waals surface area contributed by atoms with Gasteiger partial charge in [0.2, 0.25) is 5.91 Å². The van der Waals surface area contributed by atoms with Gasteiger partial charge in [-0.15, -0.1) is 0 Å². The molecule has 0 aromatic carbocycles. The number of rotatable bonds is 5. The van der Waals surface area contributed by atoms with Gasteiger partial charge in [0.25, 0.3) is 0 Å². The van der Waals surface area contributed by atoms with Crippen molar-refractivity contribution in [2.45, 2.75) is 32.0 Å². The summed E-state index contributed by atoms with van der Waals surface area (Å²) in [5.74, 6) is -0.617. The number of nitrogens with zero attached hydrogens (tertiary/aromatic N) is 1. The van der Waals surface area contributed by atoms with Crippen LogP contribution in [0.15, 0.2) is 0 Å². The molecule has 0 atom stereocenters. The van der Waals surface area contributed by atoms with Crippen molar-refractivity contribution in [3.05, 3.63) is 0 Å². The number of hydroxylamine groups is 2. The molecule has 15 heavy (non-hydrogen) atoms. The molecule has 1 saturated heterocycles. The van der Waals surface area contributed by atoms with Crippen LogP contribution in [0.25, 0.3) is 0 Å². The molecule has 1 heterocycles. The number of ether oxygens (including phenoxy) is 2. The van der Waals surface area contributed by atoms with Gasteiger partial charge < -0.3 is 9.47 Å². The molecule has 5 heteroatoms. The highest BCUT2D eigenvalue weighted by Gasteiger charge is 2.35. The van der Waals surface area contributed by atoms with E-state index < -0.39 is 5.79 Å². The summed E-state index contributed by atoms with van der Waals surface area (Å²) in [6.07, 6.45) is 1.71. The Balaban J connectivity index is 2.37. The van der Waals surface area contributed by atoms with E-state index in [2.05, 4.69) is 0 Å². The fourth-order valence-corrected chi connectivity index (χ4v) is 1.58. The SMILES string of the molecule is CCC1(CCC(=O)N(C)OC)OCCO1. The van der Waals surface area contributed by atoms with Gasteiger partial charge >= 0.3 is 0 Å². The summed E-state index contributed by atoms with van der Waals surface area (Å²) in [6, 6.07) is 0. The summed E-state index contributed by atoms with van der Waals surface area (Å²) in [6.45, 7) is 3.22. The second-order valence-corrected chi connectivity index (χ2v) is 3.53. The van der Waals surface area contributed by atoms with Crippen molar-refractivity contribution in [1.82, 2.24) is 5.06 Å². The van der Waals surface area contributed by atoms with Crippen LogP contribution in [-0.2, 0) is 19.1 Å². The van der Waals surface area contributed by atoms with Gasteiger partial charge in [0.1, 0.15) is 0 Å². The molecule has 0 aliphatic carbocycles. The Hall–Kier alpha value is -0.650. The fourth-order valence-electron chi connectivity index (χ4n) is 1.58. The normalized spacial score (nSPS) is 19.1. The Morgan fingerprint density at radius 3 is 2.53 bits per heavy atom. The van der Waals surface area contributed by atoms with Crippen molar-refractivity contribution in [3.8, 4) is 0 Å². The van der Waals surface area contributed by atoms with E-state index in [9.17, 15) is 4.79 Å². The lowest BCUT2D eigenvalue weighted by molar-refractivity contribution is -0.182. The van der Waals surface area contributed by atoms with E-state index in [4.69, 9.17) is 14.3 Å². The Bertz CT molecular complexity index is 213. The van der Waals surface area contributed by atoms with E-state index >= 15 is 0 Å². The predicted molar refractivity (Wildman–Crippen MR) is 53.9 cm³/mol. The molecule has 88 valence electrons. The zero-order valence-electron chi connectivity index (χ0n) is 9.62. The number of carbonyl (C=O) groups is 1. The molecule has 1 rings (SSSR count). The molecule has 1 aliphatic rings. The molecule has 0 aromatic heterocycles. The lowest BCUT2D eigenvalue weighted by Gasteiger charge is -2.26. The van der Waals surface area contributed by atoms with Gasteiger partial charge in [0.15, 0.2) is 5.79 Å².